The lowest BCUT2D eigenvalue weighted by Crippen LogP contribution is -2.68. The molecule has 0 aromatic carbocycles. The fraction of sp³-hybridized carbons (Fsp3) is 0.944. The second-order valence-corrected chi connectivity index (χ2v) is 9.21. The molecular formula is C18H36N4O3S. The van der Waals surface area contributed by atoms with E-state index < -0.39 is 10.0 Å². The SMILES string of the molecule is CCNC(=NCCS(=O)(=O)N(CC)CC)NC1CC(OCC)C12CCC2. The smallest absolute Gasteiger partial charge is 0.215 e. The van der Waals surface area contributed by atoms with Gasteiger partial charge in [0.1, 0.15) is 0 Å². The van der Waals surface area contributed by atoms with Crippen molar-refractivity contribution in [2.45, 2.75) is 65.5 Å². The van der Waals surface area contributed by atoms with Crippen molar-refractivity contribution in [3.05, 3.63) is 0 Å². The van der Waals surface area contributed by atoms with E-state index in [4.69, 9.17) is 4.74 Å². The van der Waals surface area contributed by atoms with Crippen molar-refractivity contribution in [1.82, 2.24) is 14.9 Å². The number of hydrogen-bond donors (Lipinski definition) is 2. The minimum atomic E-state index is -3.23. The number of nitrogens with zero attached hydrogens (tertiary/aromatic N) is 2. The highest BCUT2D eigenvalue weighted by Crippen LogP contribution is 2.57. The van der Waals surface area contributed by atoms with Gasteiger partial charge in [-0.05, 0) is 33.1 Å². The molecular weight excluding hydrogens is 352 g/mol. The number of aliphatic imine (C=N–C) groups is 1. The highest BCUT2D eigenvalue weighted by Gasteiger charge is 2.59. The van der Waals surface area contributed by atoms with Crippen molar-refractivity contribution in [2.75, 3.05) is 38.5 Å². The number of sulfonamides is 1. The second kappa shape index (κ2) is 9.37. The van der Waals surface area contributed by atoms with E-state index in [0.717, 1.165) is 19.6 Å². The lowest BCUT2D eigenvalue weighted by molar-refractivity contribution is -0.168. The third-order valence-corrected chi connectivity index (χ3v) is 7.81. The van der Waals surface area contributed by atoms with E-state index in [1.165, 1.54) is 23.6 Å². The summed E-state index contributed by atoms with van der Waals surface area (Å²) >= 11 is 0. The zero-order valence-corrected chi connectivity index (χ0v) is 17.6. The summed E-state index contributed by atoms with van der Waals surface area (Å²) in [6.45, 7) is 10.6. The molecule has 0 amide bonds. The largest absolute Gasteiger partial charge is 0.378 e. The Morgan fingerprint density at radius 1 is 1.23 bits per heavy atom. The van der Waals surface area contributed by atoms with Gasteiger partial charge in [-0.2, -0.15) is 0 Å². The highest BCUT2D eigenvalue weighted by atomic mass is 32.2. The van der Waals surface area contributed by atoms with E-state index >= 15 is 0 Å². The van der Waals surface area contributed by atoms with Gasteiger partial charge in [0.05, 0.1) is 18.4 Å². The molecule has 2 saturated carbocycles. The Balaban J connectivity index is 1.93. The number of nitrogens with one attached hydrogen (secondary N) is 2. The predicted molar refractivity (Wildman–Crippen MR) is 106 cm³/mol. The lowest BCUT2D eigenvalue weighted by atomic mass is 9.51. The van der Waals surface area contributed by atoms with Crippen LogP contribution >= 0.6 is 0 Å². The maximum absolute atomic E-state index is 12.3. The molecule has 2 aliphatic rings. The van der Waals surface area contributed by atoms with E-state index in [1.54, 1.807) is 0 Å². The molecule has 0 radical (unpaired) electrons. The van der Waals surface area contributed by atoms with Crippen molar-refractivity contribution >= 4 is 16.0 Å². The lowest BCUT2D eigenvalue weighted by Gasteiger charge is -2.61. The number of ether oxygens (including phenoxy) is 1. The molecule has 0 aromatic heterocycles. The van der Waals surface area contributed by atoms with Gasteiger partial charge in [-0.15, -0.1) is 0 Å². The molecule has 152 valence electrons. The summed E-state index contributed by atoms with van der Waals surface area (Å²) in [5, 5.41) is 6.78. The van der Waals surface area contributed by atoms with E-state index in [1.807, 2.05) is 20.8 Å². The second-order valence-electron chi connectivity index (χ2n) is 7.12. The van der Waals surface area contributed by atoms with Crippen LogP contribution in [0, 0.1) is 5.41 Å². The van der Waals surface area contributed by atoms with Crippen molar-refractivity contribution in [3.8, 4) is 0 Å². The van der Waals surface area contributed by atoms with Crippen LogP contribution in [0.15, 0.2) is 4.99 Å². The van der Waals surface area contributed by atoms with Crippen LogP contribution in [0.3, 0.4) is 0 Å². The molecule has 2 aliphatic carbocycles. The Kier molecular flexibility index (Phi) is 7.73. The molecule has 2 rings (SSSR count). The standard InChI is InChI=1S/C18H36N4O3S/c1-5-19-17(20-12-13-26(23,24)22(6-2)7-3)21-15-14-16(25-8-4)18(15)10-9-11-18/h15-16H,5-14H2,1-4H3,(H2,19,20,21). The molecule has 7 nitrogen and oxygen atoms in total. The molecule has 1 spiro atoms. The molecule has 2 fully saturated rings. The van der Waals surface area contributed by atoms with Gasteiger partial charge in [0, 0.05) is 37.7 Å². The van der Waals surface area contributed by atoms with Gasteiger partial charge >= 0.3 is 0 Å². The Morgan fingerprint density at radius 3 is 2.42 bits per heavy atom. The van der Waals surface area contributed by atoms with E-state index in [-0.39, 0.29) is 17.7 Å². The van der Waals surface area contributed by atoms with Crippen LogP contribution in [0.2, 0.25) is 0 Å². The Morgan fingerprint density at radius 2 is 1.92 bits per heavy atom. The molecule has 2 unspecified atom stereocenters. The van der Waals surface area contributed by atoms with Crippen molar-refractivity contribution in [1.29, 1.82) is 0 Å². The first kappa shape index (κ1) is 21.4. The summed E-state index contributed by atoms with van der Waals surface area (Å²) in [5.41, 5.74) is 0.250. The summed E-state index contributed by atoms with van der Waals surface area (Å²) in [4.78, 5) is 4.51. The molecule has 2 N–H and O–H groups in total. The fourth-order valence-electron chi connectivity index (χ4n) is 4.14. The quantitative estimate of drug-likeness (QED) is 0.438. The van der Waals surface area contributed by atoms with Gasteiger partial charge in [0.2, 0.25) is 10.0 Å². The molecule has 2 atom stereocenters. The number of guanidine groups is 1. The first-order valence-electron chi connectivity index (χ1n) is 10.1. The normalized spacial score (nSPS) is 25.0. The summed E-state index contributed by atoms with van der Waals surface area (Å²) in [6.07, 6.45) is 5.01. The first-order valence-corrected chi connectivity index (χ1v) is 11.7. The van der Waals surface area contributed by atoms with Gasteiger partial charge in [0.15, 0.2) is 5.96 Å². The summed E-state index contributed by atoms with van der Waals surface area (Å²) in [7, 11) is -3.23. The monoisotopic (exact) mass is 388 g/mol. The first-order chi connectivity index (χ1) is 12.4. The van der Waals surface area contributed by atoms with E-state index in [9.17, 15) is 8.42 Å². The predicted octanol–water partition coefficient (Wildman–Crippen LogP) is 1.56. The van der Waals surface area contributed by atoms with Crippen LogP contribution in [0.25, 0.3) is 0 Å². The molecule has 0 saturated heterocycles. The zero-order valence-electron chi connectivity index (χ0n) is 16.8. The highest BCUT2D eigenvalue weighted by molar-refractivity contribution is 7.89. The van der Waals surface area contributed by atoms with Crippen LogP contribution < -0.4 is 10.6 Å². The van der Waals surface area contributed by atoms with Crippen molar-refractivity contribution in [2.24, 2.45) is 10.4 Å². The van der Waals surface area contributed by atoms with Crippen LogP contribution in [-0.4, -0.2) is 69.4 Å². The van der Waals surface area contributed by atoms with Crippen molar-refractivity contribution < 1.29 is 13.2 Å². The van der Waals surface area contributed by atoms with Gasteiger partial charge in [-0.3, -0.25) is 4.99 Å². The number of rotatable bonds is 10. The Bertz CT molecular complexity index is 571. The van der Waals surface area contributed by atoms with E-state index in [2.05, 4.69) is 22.5 Å². The minimum Gasteiger partial charge on any atom is -0.378 e. The summed E-state index contributed by atoms with van der Waals surface area (Å²) < 4.78 is 32.0. The third-order valence-electron chi connectivity index (χ3n) is 5.81. The van der Waals surface area contributed by atoms with Gasteiger partial charge in [-0.25, -0.2) is 12.7 Å². The molecule has 26 heavy (non-hydrogen) atoms. The van der Waals surface area contributed by atoms with Crippen molar-refractivity contribution in [3.63, 3.8) is 0 Å². The van der Waals surface area contributed by atoms with Crippen LogP contribution in [0.4, 0.5) is 0 Å². The van der Waals surface area contributed by atoms with Gasteiger partial charge < -0.3 is 15.4 Å². The maximum atomic E-state index is 12.3. The Hall–Kier alpha value is -0.860. The molecule has 0 aliphatic heterocycles. The summed E-state index contributed by atoms with van der Waals surface area (Å²) in [6, 6.07) is 0.366. The van der Waals surface area contributed by atoms with Crippen LogP contribution in [0.5, 0.6) is 0 Å². The maximum Gasteiger partial charge on any atom is 0.215 e. The average molecular weight is 389 g/mol. The van der Waals surface area contributed by atoms with Gasteiger partial charge in [0.25, 0.3) is 0 Å². The minimum absolute atomic E-state index is 0.0443. The van der Waals surface area contributed by atoms with E-state index in [0.29, 0.717) is 31.2 Å². The third kappa shape index (κ3) is 4.51. The fourth-order valence-corrected chi connectivity index (χ4v) is 5.51. The topological polar surface area (TPSA) is 83.0 Å². The van der Waals surface area contributed by atoms with Crippen LogP contribution in [0.1, 0.15) is 53.4 Å². The average Bonchev–Trinajstić information content (AvgIpc) is 2.52. The zero-order chi connectivity index (χ0) is 19.2. The summed E-state index contributed by atoms with van der Waals surface area (Å²) in [5.74, 6) is 0.760. The molecule has 0 heterocycles. The number of hydrogen-bond acceptors (Lipinski definition) is 4. The molecule has 8 heteroatoms. The molecule has 0 aromatic rings. The Labute approximate surface area is 159 Å². The van der Waals surface area contributed by atoms with Gasteiger partial charge in [-0.1, -0.05) is 20.3 Å². The van der Waals surface area contributed by atoms with Crippen LogP contribution in [-0.2, 0) is 14.8 Å². The molecule has 0 bridgehead atoms.